The van der Waals surface area contributed by atoms with Gasteiger partial charge in [-0.2, -0.15) is 20.5 Å². The summed E-state index contributed by atoms with van der Waals surface area (Å²) in [5.41, 5.74) is -1.36. The maximum atomic E-state index is 14.0. The highest BCUT2D eigenvalue weighted by Crippen LogP contribution is 2.29. The first kappa shape index (κ1) is 26.6. The molecule has 0 spiro atoms. The van der Waals surface area contributed by atoms with Crippen LogP contribution >= 0.6 is 11.8 Å². The van der Waals surface area contributed by atoms with Crippen LogP contribution in [0, 0.1) is 11.2 Å². The lowest BCUT2D eigenvalue weighted by atomic mass is 9.95. The number of aliphatic hydroxyl groups is 1. The first-order valence-corrected chi connectivity index (χ1v) is 11.1. The van der Waals surface area contributed by atoms with Crippen LogP contribution in [0.3, 0.4) is 0 Å². The van der Waals surface area contributed by atoms with E-state index in [-0.39, 0.29) is 34.1 Å². The van der Waals surface area contributed by atoms with Crippen LogP contribution in [-0.4, -0.2) is 58.4 Å². The van der Waals surface area contributed by atoms with Crippen molar-refractivity contribution >= 4 is 35.3 Å². The largest absolute Gasteiger partial charge is 0.435 e. The molecule has 1 saturated heterocycles. The summed E-state index contributed by atoms with van der Waals surface area (Å²) < 4.78 is 42.9. The molecular formula is C22H27F3N4O3S. The van der Waals surface area contributed by atoms with Gasteiger partial charge in [0.2, 0.25) is 0 Å². The second-order valence-electron chi connectivity index (χ2n) is 8.17. The van der Waals surface area contributed by atoms with Gasteiger partial charge >= 0.3 is 6.61 Å². The molecule has 1 aromatic carbocycles. The van der Waals surface area contributed by atoms with E-state index in [1.807, 2.05) is 18.8 Å². The molecular weight excluding hydrogens is 457 g/mol. The summed E-state index contributed by atoms with van der Waals surface area (Å²) in [6.45, 7) is 1.91. The molecule has 1 fully saturated rings. The van der Waals surface area contributed by atoms with E-state index in [1.165, 1.54) is 37.6 Å². The normalized spacial score (nSPS) is 14.6. The van der Waals surface area contributed by atoms with Crippen LogP contribution in [0.1, 0.15) is 36.7 Å². The van der Waals surface area contributed by atoms with Gasteiger partial charge < -0.3 is 25.9 Å². The fourth-order valence-corrected chi connectivity index (χ4v) is 3.73. The van der Waals surface area contributed by atoms with Gasteiger partial charge in [0.15, 0.2) is 6.29 Å². The van der Waals surface area contributed by atoms with Gasteiger partial charge in [-0.15, -0.1) is 0 Å². The van der Waals surface area contributed by atoms with Gasteiger partial charge in [0.1, 0.15) is 23.0 Å². The van der Waals surface area contributed by atoms with Crippen molar-refractivity contribution < 1.29 is 27.8 Å². The van der Waals surface area contributed by atoms with Crippen LogP contribution in [0.25, 0.3) is 0 Å². The highest BCUT2D eigenvalue weighted by Gasteiger charge is 2.30. The molecule has 0 bridgehead atoms. The molecule has 11 heteroatoms. The minimum absolute atomic E-state index is 0.0316. The molecule has 1 aliphatic rings. The zero-order chi connectivity index (χ0) is 24.8. The molecule has 4 N–H and O–H groups in total. The summed E-state index contributed by atoms with van der Waals surface area (Å²) in [7, 11) is 2.03. The fraction of sp³-hybridized carbons (Fsp3) is 0.409. The van der Waals surface area contributed by atoms with Gasteiger partial charge in [0.05, 0.1) is 11.4 Å². The number of anilines is 2. The molecule has 180 valence electrons. The zero-order valence-corrected chi connectivity index (χ0v) is 19.5. The van der Waals surface area contributed by atoms with Crippen molar-refractivity contribution in [1.82, 2.24) is 10.3 Å². The van der Waals surface area contributed by atoms with Gasteiger partial charge in [-0.05, 0) is 46.0 Å². The molecule has 0 unspecified atom stereocenters. The number of benzene rings is 1. The van der Waals surface area contributed by atoms with Gasteiger partial charge in [0.25, 0.3) is 0 Å². The minimum Gasteiger partial charge on any atom is -0.435 e. The van der Waals surface area contributed by atoms with E-state index in [4.69, 9.17) is 5.41 Å². The quantitative estimate of drug-likeness (QED) is 0.328. The SMILES string of the molecule is CC(C)(O)C(=N)c1cc(C=O)cnc1Nc1cc(OC(F)F)ccc1F.CNC1(C)CSC1. The Balaban J connectivity index is 0.000000468. The number of carbonyl (C=O) groups is 1. The summed E-state index contributed by atoms with van der Waals surface area (Å²) >= 11 is 2.01. The van der Waals surface area contributed by atoms with Crippen molar-refractivity contribution in [3.63, 3.8) is 0 Å². The highest BCUT2D eigenvalue weighted by atomic mass is 32.2. The molecule has 0 aliphatic carbocycles. The van der Waals surface area contributed by atoms with Crippen molar-refractivity contribution in [2.45, 2.75) is 38.5 Å². The van der Waals surface area contributed by atoms with E-state index in [2.05, 4.69) is 27.3 Å². The van der Waals surface area contributed by atoms with Crippen molar-refractivity contribution in [3.8, 4) is 5.75 Å². The molecule has 1 aliphatic heterocycles. The molecule has 33 heavy (non-hydrogen) atoms. The third-order valence-corrected chi connectivity index (χ3v) is 6.47. The Hall–Kier alpha value is -2.63. The van der Waals surface area contributed by atoms with Gasteiger partial charge in [-0.3, -0.25) is 4.79 Å². The number of alkyl halides is 2. The smallest absolute Gasteiger partial charge is 0.387 e. The Labute approximate surface area is 194 Å². The van der Waals surface area contributed by atoms with E-state index in [1.54, 1.807) is 0 Å². The lowest BCUT2D eigenvalue weighted by molar-refractivity contribution is -0.0498. The molecule has 0 atom stereocenters. The lowest BCUT2D eigenvalue weighted by Gasteiger charge is -2.37. The van der Waals surface area contributed by atoms with Crippen molar-refractivity contribution in [1.29, 1.82) is 5.41 Å². The van der Waals surface area contributed by atoms with Crippen molar-refractivity contribution in [3.05, 3.63) is 47.4 Å². The number of halogens is 3. The van der Waals surface area contributed by atoms with Gasteiger partial charge in [-0.1, -0.05) is 0 Å². The van der Waals surface area contributed by atoms with E-state index < -0.39 is 18.0 Å². The zero-order valence-electron chi connectivity index (χ0n) is 18.7. The fourth-order valence-electron chi connectivity index (χ4n) is 2.62. The van der Waals surface area contributed by atoms with E-state index in [0.717, 1.165) is 18.2 Å². The number of hydrogen-bond donors (Lipinski definition) is 4. The summed E-state index contributed by atoms with van der Waals surface area (Å²) in [4.78, 5) is 14.9. The molecule has 1 aromatic heterocycles. The van der Waals surface area contributed by atoms with E-state index in [9.17, 15) is 23.1 Å². The Kier molecular flexibility index (Phi) is 8.87. The summed E-state index contributed by atoms with van der Waals surface area (Å²) in [5.74, 6) is 1.49. The Morgan fingerprint density at radius 3 is 2.48 bits per heavy atom. The molecule has 0 saturated carbocycles. The average molecular weight is 485 g/mol. The average Bonchev–Trinajstić information content (AvgIpc) is 2.73. The molecule has 3 rings (SSSR count). The number of aldehydes is 1. The minimum atomic E-state index is -3.07. The molecule has 7 nitrogen and oxygen atoms in total. The Morgan fingerprint density at radius 2 is 2.03 bits per heavy atom. The van der Waals surface area contributed by atoms with Crippen molar-refractivity contribution in [2.24, 2.45) is 0 Å². The summed E-state index contributed by atoms with van der Waals surface area (Å²) in [5, 5.41) is 24.0. The van der Waals surface area contributed by atoms with Crippen molar-refractivity contribution in [2.75, 3.05) is 23.9 Å². The van der Waals surface area contributed by atoms with Crippen LogP contribution in [-0.2, 0) is 0 Å². The maximum absolute atomic E-state index is 14.0. The number of carbonyl (C=O) groups excluding carboxylic acids is 1. The van der Waals surface area contributed by atoms with Crippen LogP contribution in [0.2, 0.25) is 0 Å². The molecule has 0 amide bonds. The van der Waals surface area contributed by atoms with Crippen LogP contribution in [0.5, 0.6) is 5.75 Å². The predicted molar refractivity (Wildman–Crippen MR) is 124 cm³/mol. The number of hydrogen-bond acceptors (Lipinski definition) is 8. The third-order valence-electron chi connectivity index (χ3n) is 4.79. The number of nitrogens with one attached hydrogen (secondary N) is 3. The molecule has 2 aromatic rings. The number of ether oxygens (including phenoxy) is 1. The topological polar surface area (TPSA) is 107 Å². The number of thioether (sulfide) groups is 1. The second kappa shape index (κ2) is 11.0. The van der Waals surface area contributed by atoms with Crippen LogP contribution in [0.15, 0.2) is 30.5 Å². The number of nitrogens with zero attached hydrogens (tertiary/aromatic N) is 1. The monoisotopic (exact) mass is 484 g/mol. The maximum Gasteiger partial charge on any atom is 0.387 e. The van der Waals surface area contributed by atoms with Crippen LogP contribution < -0.4 is 15.4 Å². The summed E-state index contributed by atoms with van der Waals surface area (Å²) in [6, 6.07) is 4.28. The third kappa shape index (κ3) is 7.44. The molecule has 0 radical (unpaired) electrons. The Bertz CT molecular complexity index is 990. The molecule has 2 heterocycles. The second-order valence-corrected chi connectivity index (χ2v) is 9.15. The summed E-state index contributed by atoms with van der Waals surface area (Å²) in [6.07, 6.45) is 1.70. The van der Waals surface area contributed by atoms with E-state index in [0.29, 0.717) is 11.8 Å². The van der Waals surface area contributed by atoms with Gasteiger partial charge in [0, 0.05) is 40.4 Å². The van der Waals surface area contributed by atoms with Gasteiger partial charge in [-0.25, -0.2) is 9.37 Å². The number of aromatic nitrogens is 1. The standard InChI is InChI=1S/C17H16F3N3O3.C5H11NS/c1-17(2,25)14(21)11-5-9(8-24)7-22-15(11)23-13-6-10(26-16(19)20)3-4-12(13)18;1-5(6-2)3-7-4-5/h3-8,16,21,25H,1-2H3,(H,22,23);6H,3-4H2,1-2H3. The first-order chi connectivity index (χ1) is 15.4. The highest BCUT2D eigenvalue weighted by molar-refractivity contribution is 8.00. The number of rotatable bonds is 8. The Morgan fingerprint density at radius 1 is 1.36 bits per heavy atom. The van der Waals surface area contributed by atoms with Crippen LogP contribution in [0.4, 0.5) is 24.7 Å². The lowest BCUT2D eigenvalue weighted by Crippen LogP contribution is -2.51. The van der Waals surface area contributed by atoms with E-state index >= 15 is 0 Å². The number of pyridine rings is 1. The predicted octanol–water partition coefficient (Wildman–Crippen LogP) is 4.23. The first-order valence-electron chi connectivity index (χ1n) is 9.93.